The molecule has 2 N–H and O–H groups in total. The molecule has 1 aromatic rings. The van der Waals surface area contributed by atoms with E-state index in [-0.39, 0.29) is 17.7 Å². The van der Waals surface area contributed by atoms with Crippen molar-refractivity contribution in [1.29, 1.82) is 0 Å². The lowest BCUT2D eigenvalue weighted by Crippen LogP contribution is -2.31. The molecule has 1 aromatic carbocycles. The monoisotopic (exact) mass is 238 g/mol. The van der Waals surface area contributed by atoms with E-state index in [0.29, 0.717) is 18.7 Å². The van der Waals surface area contributed by atoms with Gasteiger partial charge in [-0.1, -0.05) is 0 Å². The van der Waals surface area contributed by atoms with Gasteiger partial charge in [-0.2, -0.15) is 0 Å². The summed E-state index contributed by atoms with van der Waals surface area (Å²) in [4.78, 5) is 13.7. The number of hydrogen-bond acceptors (Lipinski definition) is 3. The number of nitrogens with zero attached hydrogens (tertiary/aromatic N) is 1. The van der Waals surface area contributed by atoms with Crippen LogP contribution in [0.3, 0.4) is 0 Å². The summed E-state index contributed by atoms with van der Waals surface area (Å²) in [5, 5.41) is 0. The normalized spacial score (nSPS) is 19.5. The van der Waals surface area contributed by atoms with E-state index >= 15 is 0 Å². The molecular formula is C12H15FN2O2. The van der Waals surface area contributed by atoms with Crippen molar-refractivity contribution >= 4 is 5.91 Å². The lowest BCUT2D eigenvalue weighted by atomic mass is 10.2. The molecule has 1 saturated heterocycles. The number of methoxy groups -OCH3 is 1. The summed E-state index contributed by atoms with van der Waals surface area (Å²) in [7, 11) is 1.39. The zero-order valence-electron chi connectivity index (χ0n) is 9.65. The second-order valence-corrected chi connectivity index (χ2v) is 4.15. The number of hydrogen-bond donors (Lipinski definition) is 1. The van der Waals surface area contributed by atoms with E-state index in [2.05, 4.69) is 0 Å². The molecular weight excluding hydrogens is 223 g/mol. The molecule has 5 heteroatoms. The molecule has 0 saturated carbocycles. The first-order valence-electron chi connectivity index (χ1n) is 5.50. The average Bonchev–Trinajstić information content (AvgIpc) is 2.75. The Balaban J connectivity index is 2.17. The van der Waals surface area contributed by atoms with E-state index in [1.165, 1.54) is 19.2 Å². The number of carbonyl (C=O) groups excluding carboxylic acids is 1. The van der Waals surface area contributed by atoms with Crippen LogP contribution in [0.25, 0.3) is 0 Å². The van der Waals surface area contributed by atoms with Gasteiger partial charge in [-0.05, 0) is 24.6 Å². The summed E-state index contributed by atoms with van der Waals surface area (Å²) in [6.45, 7) is 1.17. The third-order valence-corrected chi connectivity index (χ3v) is 2.91. The van der Waals surface area contributed by atoms with Gasteiger partial charge >= 0.3 is 0 Å². The molecule has 1 fully saturated rings. The largest absolute Gasteiger partial charge is 0.494 e. The number of carbonyl (C=O) groups is 1. The van der Waals surface area contributed by atoms with Crippen LogP contribution in [-0.4, -0.2) is 37.0 Å². The Morgan fingerprint density at radius 2 is 2.35 bits per heavy atom. The summed E-state index contributed by atoms with van der Waals surface area (Å²) < 4.78 is 18.3. The molecule has 0 aliphatic carbocycles. The summed E-state index contributed by atoms with van der Waals surface area (Å²) in [5.41, 5.74) is 6.06. The molecule has 0 aromatic heterocycles. The van der Waals surface area contributed by atoms with Crippen molar-refractivity contribution < 1.29 is 13.9 Å². The fourth-order valence-corrected chi connectivity index (χ4v) is 1.95. The van der Waals surface area contributed by atoms with Gasteiger partial charge in [0.1, 0.15) is 0 Å². The van der Waals surface area contributed by atoms with Crippen LogP contribution in [0, 0.1) is 5.82 Å². The van der Waals surface area contributed by atoms with Crippen molar-refractivity contribution in [2.75, 3.05) is 20.2 Å². The van der Waals surface area contributed by atoms with Gasteiger partial charge in [0.05, 0.1) is 7.11 Å². The van der Waals surface area contributed by atoms with E-state index in [9.17, 15) is 9.18 Å². The smallest absolute Gasteiger partial charge is 0.254 e. The number of amides is 1. The van der Waals surface area contributed by atoms with Gasteiger partial charge in [0.2, 0.25) is 0 Å². The highest BCUT2D eigenvalue weighted by atomic mass is 19.1. The molecule has 0 bridgehead atoms. The predicted octanol–water partition coefficient (Wildman–Crippen LogP) is 1.01. The first kappa shape index (κ1) is 11.9. The van der Waals surface area contributed by atoms with Gasteiger partial charge in [0, 0.05) is 24.7 Å². The lowest BCUT2D eigenvalue weighted by molar-refractivity contribution is 0.0790. The van der Waals surface area contributed by atoms with Gasteiger partial charge < -0.3 is 15.4 Å². The van der Waals surface area contributed by atoms with E-state index in [4.69, 9.17) is 10.5 Å². The van der Waals surface area contributed by atoms with Crippen molar-refractivity contribution in [1.82, 2.24) is 4.90 Å². The van der Waals surface area contributed by atoms with Gasteiger partial charge in [0.15, 0.2) is 11.6 Å². The van der Waals surface area contributed by atoms with E-state index in [1.807, 2.05) is 0 Å². The number of rotatable bonds is 2. The third-order valence-electron chi connectivity index (χ3n) is 2.91. The third kappa shape index (κ3) is 2.39. The number of nitrogens with two attached hydrogens (primary N) is 1. The summed E-state index contributed by atoms with van der Waals surface area (Å²) in [6, 6.07) is 4.25. The van der Waals surface area contributed by atoms with Crippen LogP contribution >= 0.6 is 0 Å². The van der Waals surface area contributed by atoms with Crippen molar-refractivity contribution in [3.05, 3.63) is 29.6 Å². The number of likely N-dealkylation sites (tertiary alicyclic amines) is 1. The summed E-state index contributed by atoms with van der Waals surface area (Å²) >= 11 is 0. The standard InChI is InChI=1S/C12H15FN2O2/c1-17-11-3-2-8(6-10(11)13)12(16)15-5-4-9(14)7-15/h2-3,6,9H,4-5,7,14H2,1H3. The first-order valence-corrected chi connectivity index (χ1v) is 5.50. The van der Waals surface area contributed by atoms with Crippen LogP contribution in [-0.2, 0) is 0 Å². The highest BCUT2D eigenvalue weighted by molar-refractivity contribution is 5.94. The molecule has 17 heavy (non-hydrogen) atoms. The molecule has 0 spiro atoms. The Bertz CT molecular complexity index is 437. The molecule has 1 heterocycles. The molecule has 1 amide bonds. The van der Waals surface area contributed by atoms with E-state index < -0.39 is 5.82 Å². The van der Waals surface area contributed by atoms with Crippen LogP contribution in [0.2, 0.25) is 0 Å². The minimum absolute atomic E-state index is 0.0297. The van der Waals surface area contributed by atoms with Crippen LogP contribution in [0.4, 0.5) is 4.39 Å². The van der Waals surface area contributed by atoms with Gasteiger partial charge in [-0.25, -0.2) is 4.39 Å². The number of ether oxygens (including phenoxy) is 1. The number of halogens is 1. The second-order valence-electron chi connectivity index (χ2n) is 4.15. The quantitative estimate of drug-likeness (QED) is 0.836. The minimum atomic E-state index is -0.526. The molecule has 92 valence electrons. The van der Waals surface area contributed by atoms with Gasteiger partial charge in [-0.3, -0.25) is 4.79 Å². The summed E-state index contributed by atoms with van der Waals surface area (Å²) in [5.74, 6) is -0.568. The molecule has 2 rings (SSSR count). The maximum atomic E-state index is 13.5. The highest BCUT2D eigenvalue weighted by Gasteiger charge is 2.24. The zero-order chi connectivity index (χ0) is 12.4. The molecule has 4 nitrogen and oxygen atoms in total. The van der Waals surface area contributed by atoms with Crippen LogP contribution in [0.1, 0.15) is 16.8 Å². The van der Waals surface area contributed by atoms with Crippen LogP contribution in [0.15, 0.2) is 18.2 Å². The topological polar surface area (TPSA) is 55.6 Å². The fourth-order valence-electron chi connectivity index (χ4n) is 1.95. The molecule has 0 radical (unpaired) electrons. The Hall–Kier alpha value is -1.62. The van der Waals surface area contributed by atoms with Crippen molar-refractivity contribution in [2.24, 2.45) is 5.73 Å². The first-order chi connectivity index (χ1) is 8.11. The Morgan fingerprint density at radius 3 is 2.88 bits per heavy atom. The fraction of sp³-hybridized carbons (Fsp3) is 0.417. The maximum absolute atomic E-state index is 13.5. The van der Waals surface area contributed by atoms with Crippen molar-refractivity contribution in [3.8, 4) is 5.75 Å². The SMILES string of the molecule is COc1ccc(C(=O)N2CCC(N)C2)cc1F. The molecule has 1 unspecified atom stereocenters. The maximum Gasteiger partial charge on any atom is 0.254 e. The number of benzene rings is 1. The van der Waals surface area contributed by atoms with Crippen LogP contribution < -0.4 is 10.5 Å². The highest BCUT2D eigenvalue weighted by Crippen LogP contribution is 2.20. The van der Waals surface area contributed by atoms with Gasteiger partial charge in [-0.15, -0.1) is 0 Å². The predicted molar refractivity (Wildman–Crippen MR) is 61.4 cm³/mol. The lowest BCUT2D eigenvalue weighted by Gasteiger charge is -2.16. The van der Waals surface area contributed by atoms with E-state index in [0.717, 1.165) is 6.42 Å². The molecule has 1 atom stereocenters. The minimum Gasteiger partial charge on any atom is -0.494 e. The van der Waals surface area contributed by atoms with Crippen LogP contribution in [0.5, 0.6) is 5.75 Å². The van der Waals surface area contributed by atoms with Crippen molar-refractivity contribution in [3.63, 3.8) is 0 Å². The van der Waals surface area contributed by atoms with Gasteiger partial charge in [0.25, 0.3) is 5.91 Å². The summed E-state index contributed by atoms with van der Waals surface area (Å²) in [6.07, 6.45) is 0.796. The Morgan fingerprint density at radius 1 is 1.59 bits per heavy atom. The zero-order valence-corrected chi connectivity index (χ0v) is 9.65. The average molecular weight is 238 g/mol. The Labute approximate surface area is 99.2 Å². The second kappa shape index (κ2) is 4.71. The molecule has 1 aliphatic heterocycles. The van der Waals surface area contributed by atoms with E-state index in [1.54, 1.807) is 11.0 Å². The Kier molecular flexibility index (Phi) is 3.28. The van der Waals surface area contributed by atoms with Crippen molar-refractivity contribution in [2.45, 2.75) is 12.5 Å². The molecule has 1 aliphatic rings.